The van der Waals surface area contributed by atoms with E-state index in [1.165, 1.54) is 88.0 Å². The number of benzene rings is 4. The van der Waals surface area contributed by atoms with Crippen LogP contribution >= 0.6 is 0 Å². The molecule has 0 aliphatic heterocycles. The highest BCUT2D eigenvalue weighted by molar-refractivity contribution is 5.91. The Kier molecular flexibility index (Phi) is 18.7. The Morgan fingerprint density at radius 2 is 0.767 bits per heavy atom. The number of hydrogen-bond acceptors (Lipinski definition) is 21. The average molecular weight is 1180 g/mol. The number of Topliss-reactive ketones (excluding diaryl/α,β-unsaturated/α-hetero) is 2. The summed E-state index contributed by atoms with van der Waals surface area (Å²) < 4.78 is 84.2. The van der Waals surface area contributed by atoms with Crippen molar-refractivity contribution in [3.8, 4) is 46.1 Å². The second-order valence-corrected chi connectivity index (χ2v) is 17.7. The third-order valence-electron chi connectivity index (χ3n) is 11.7. The van der Waals surface area contributed by atoms with Crippen LogP contribution in [-0.2, 0) is 30.9 Å². The van der Waals surface area contributed by atoms with Gasteiger partial charge in [0, 0.05) is 60.4 Å². The minimum Gasteiger partial charge on any atom is -0.475 e. The van der Waals surface area contributed by atoms with Crippen molar-refractivity contribution in [2.75, 3.05) is 6.61 Å². The summed E-state index contributed by atoms with van der Waals surface area (Å²) in [6.45, 7) is 5.03. The number of rotatable bonds is 17. The van der Waals surface area contributed by atoms with Gasteiger partial charge in [-0.3, -0.25) is 9.59 Å². The zero-order chi connectivity index (χ0) is 60.7. The van der Waals surface area contributed by atoms with Crippen LogP contribution in [0.5, 0.6) is 0 Å². The topological polar surface area (TPSA) is 325 Å². The summed E-state index contributed by atoms with van der Waals surface area (Å²) in [5.74, 6) is -3.08. The first-order valence-corrected chi connectivity index (χ1v) is 25.4. The van der Waals surface area contributed by atoms with Gasteiger partial charge >= 0.3 is 11.9 Å². The molecular formula is C56H44F4N16O10. The lowest BCUT2D eigenvalue weighted by Crippen LogP contribution is -2.11. The van der Waals surface area contributed by atoms with Gasteiger partial charge in [-0.15, -0.1) is 20.4 Å². The lowest BCUT2D eigenvalue weighted by Gasteiger charge is -2.05. The van der Waals surface area contributed by atoms with Crippen LogP contribution in [0.25, 0.3) is 46.1 Å². The molecule has 0 bridgehead atoms. The van der Waals surface area contributed by atoms with Crippen LogP contribution < -0.4 is 0 Å². The summed E-state index contributed by atoms with van der Waals surface area (Å²) in [4.78, 5) is 62.4. The van der Waals surface area contributed by atoms with Gasteiger partial charge in [-0.25, -0.2) is 55.8 Å². The monoisotopic (exact) mass is 1180 g/mol. The molecule has 30 heteroatoms. The van der Waals surface area contributed by atoms with Crippen molar-refractivity contribution in [1.29, 1.82) is 0 Å². The zero-order valence-electron chi connectivity index (χ0n) is 45.2. The Morgan fingerprint density at radius 1 is 0.442 bits per heavy atom. The Labute approximate surface area is 481 Å². The number of carboxylic acids is 1. The van der Waals surface area contributed by atoms with Crippen LogP contribution in [0.1, 0.15) is 85.5 Å². The summed E-state index contributed by atoms with van der Waals surface area (Å²) in [7, 11) is 0. The van der Waals surface area contributed by atoms with Gasteiger partial charge in [0.15, 0.2) is 57.6 Å². The van der Waals surface area contributed by atoms with Crippen molar-refractivity contribution in [3.05, 3.63) is 215 Å². The lowest BCUT2D eigenvalue weighted by molar-refractivity contribution is 0.0511. The standard InChI is InChI=1S/C15H13FN4O3.2C14H11FN4O2.C13H9FN4O3/c1-2-22-15(21)13-17-14(12-7-8-23-19-12)20(18-13)9-10-5-3-4-6-11(10)16;2*1-9(20)14-16-13(12-6-7-21-18-12)17-19(14)8-10-4-2-3-5-11(10)15;14-9-4-2-1-3-8(9)7-18-12(10-5-6-21-17-10)15-11(16-18)13(19)20/h3-8H,2,9H2,1H3;2*2-7H,8H2,1H3;1-6H,7H2,(H,19,20). The number of halogens is 4. The summed E-state index contributed by atoms with van der Waals surface area (Å²) in [6.07, 6.45) is 5.49. The predicted molar refractivity (Wildman–Crippen MR) is 287 cm³/mol. The first-order chi connectivity index (χ1) is 41.6. The molecule has 0 unspecified atom stereocenters. The molecule has 0 saturated carbocycles. The minimum absolute atomic E-state index is 0.0369. The summed E-state index contributed by atoms with van der Waals surface area (Å²) in [6, 6.07) is 31.4. The maximum Gasteiger partial charge on any atom is 0.378 e. The number of hydrogen-bond donors (Lipinski definition) is 1. The minimum atomic E-state index is -1.27. The van der Waals surface area contributed by atoms with Crippen LogP contribution in [0.4, 0.5) is 17.6 Å². The number of carboxylic acid groups (broad SMARTS) is 1. The molecule has 1 N–H and O–H groups in total. The van der Waals surface area contributed by atoms with Crippen molar-refractivity contribution in [2.24, 2.45) is 0 Å². The van der Waals surface area contributed by atoms with E-state index in [9.17, 15) is 36.7 Å². The molecule has 0 fully saturated rings. The molecule has 436 valence electrons. The first-order valence-electron chi connectivity index (χ1n) is 25.4. The Balaban J connectivity index is 0.000000137. The molecule has 4 aromatic carbocycles. The molecule has 0 aliphatic carbocycles. The van der Waals surface area contributed by atoms with Gasteiger partial charge in [-0.2, -0.15) is 9.97 Å². The molecular weight excluding hydrogens is 1130 g/mol. The van der Waals surface area contributed by atoms with Crippen LogP contribution in [0.15, 0.2) is 164 Å². The number of ketones is 2. The Morgan fingerprint density at radius 3 is 1.08 bits per heavy atom. The fraction of sp³-hybridized carbons (Fsp3) is 0.143. The fourth-order valence-electron chi connectivity index (χ4n) is 7.76. The number of esters is 1. The van der Waals surface area contributed by atoms with Crippen molar-refractivity contribution < 1.29 is 64.7 Å². The number of aromatic carboxylic acids is 1. The number of aromatic nitrogens is 16. The maximum atomic E-state index is 13.8. The van der Waals surface area contributed by atoms with Gasteiger partial charge in [0.05, 0.1) is 32.8 Å². The van der Waals surface area contributed by atoms with Gasteiger partial charge < -0.3 is 27.9 Å². The molecule has 86 heavy (non-hydrogen) atoms. The Bertz CT molecular complexity index is 4100. The fourth-order valence-corrected chi connectivity index (χ4v) is 7.76. The van der Waals surface area contributed by atoms with E-state index in [2.05, 4.69) is 61.0 Å². The van der Waals surface area contributed by atoms with Crippen molar-refractivity contribution in [1.82, 2.24) is 79.7 Å². The molecule has 12 aromatic rings. The molecule has 0 aliphatic rings. The average Bonchev–Trinajstić information content (AvgIpc) is 2.94. The van der Waals surface area contributed by atoms with Gasteiger partial charge in [-0.05, 0) is 31.2 Å². The highest BCUT2D eigenvalue weighted by Gasteiger charge is 2.24. The van der Waals surface area contributed by atoms with Gasteiger partial charge in [0.1, 0.15) is 48.3 Å². The third-order valence-corrected chi connectivity index (χ3v) is 11.7. The molecule has 8 heterocycles. The third kappa shape index (κ3) is 14.5. The summed E-state index contributed by atoms with van der Waals surface area (Å²) in [5.41, 5.74) is 3.19. The van der Waals surface area contributed by atoms with Crippen LogP contribution in [0.3, 0.4) is 0 Å². The van der Waals surface area contributed by atoms with E-state index >= 15 is 0 Å². The molecule has 0 amide bonds. The highest BCUT2D eigenvalue weighted by atomic mass is 19.1. The predicted octanol–water partition coefficient (Wildman–Crippen LogP) is 8.76. The largest absolute Gasteiger partial charge is 0.475 e. The van der Waals surface area contributed by atoms with E-state index in [4.69, 9.17) is 27.9 Å². The van der Waals surface area contributed by atoms with E-state index in [0.29, 0.717) is 50.9 Å². The normalized spacial score (nSPS) is 10.7. The number of nitrogens with zero attached hydrogens (tertiary/aromatic N) is 16. The second-order valence-electron chi connectivity index (χ2n) is 17.7. The van der Waals surface area contributed by atoms with Gasteiger partial charge in [0.25, 0.3) is 11.6 Å². The molecule has 8 aromatic heterocycles. The molecule has 0 radical (unpaired) electrons. The second kappa shape index (κ2) is 27.4. The van der Waals surface area contributed by atoms with Gasteiger partial charge in [-0.1, -0.05) is 93.4 Å². The SMILES string of the molecule is CC(=O)c1nc(-c2ccon2)nn1Cc1ccccc1F.CC(=O)c1nc(-c2ccon2)nn1Cc1ccccc1F.CCOC(=O)c1nc(-c2ccon2)n(Cc2ccccc2F)n1.O=C(O)c1nc(-c2ccon2)n(Cc2ccccc2F)n1. The molecule has 12 rings (SSSR count). The highest BCUT2D eigenvalue weighted by Crippen LogP contribution is 2.22. The molecule has 26 nitrogen and oxygen atoms in total. The van der Waals surface area contributed by atoms with Crippen LogP contribution in [-0.4, -0.2) is 115 Å². The van der Waals surface area contributed by atoms with E-state index < -0.39 is 17.8 Å². The summed E-state index contributed by atoms with van der Waals surface area (Å²) >= 11 is 0. The zero-order valence-corrected chi connectivity index (χ0v) is 45.2. The van der Waals surface area contributed by atoms with Crippen LogP contribution in [0.2, 0.25) is 0 Å². The number of carbonyl (C=O) groups is 4. The lowest BCUT2D eigenvalue weighted by atomic mass is 10.2. The van der Waals surface area contributed by atoms with Gasteiger partial charge in [0.2, 0.25) is 11.6 Å². The van der Waals surface area contributed by atoms with E-state index in [-0.39, 0.29) is 103 Å². The van der Waals surface area contributed by atoms with E-state index in [1.807, 2.05) is 0 Å². The van der Waals surface area contributed by atoms with E-state index in [1.54, 1.807) is 97.9 Å². The number of ether oxygens (including phenoxy) is 1. The van der Waals surface area contributed by atoms with Crippen molar-refractivity contribution in [3.63, 3.8) is 0 Å². The van der Waals surface area contributed by atoms with Crippen molar-refractivity contribution in [2.45, 2.75) is 47.0 Å². The Hall–Kier alpha value is -11.7. The smallest absolute Gasteiger partial charge is 0.378 e. The summed E-state index contributed by atoms with van der Waals surface area (Å²) in [5, 5.41) is 40.3. The van der Waals surface area contributed by atoms with E-state index in [0.717, 1.165) is 0 Å². The first kappa shape index (κ1) is 58.9. The van der Waals surface area contributed by atoms with Crippen LogP contribution in [0, 0.1) is 23.3 Å². The number of carbonyl (C=O) groups excluding carboxylic acids is 3. The molecule has 0 atom stereocenters. The molecule has 0 spiro atoms. The molecule has 0 saturated heterocycles. The van der Waals surface area contributed by atoms with Crippen molar-refractivity contribution >= 4 is 23.5 Å². The quantitative estimate of drug-likeness (QED) is 0.0505. The maximum absolute atomic E-state index is 13.8.